The van der Waals surface area contributed by atoms with Gasteiger partial charge in [-0.05, 0) is 38.0 Å². The average molecular weight is 567 g/mol. The van der Waals surface area contributed by atoms with Crippen molar-refractivity contribution in [3.05, 3.63) is 86.5 Å². The van der Waals surface area contributed by atoms with Crippen LogP contribution in [0.25, 0.3) is 0 Å². The summed E-state index contributed by atoms with van der Waals surface area (Å²) in [4.78, 5) is 27.5. The second kappa shape index (κ2) is 11.4. The lowest BCUT2D eigenvalue weighted by atomic mass is 9.76. The van der Waals surface area contributed by atoms with Crippen molar-refractivity contribution in [2.45, 2.75) is 32.8 Å². The molecule has 2 N–H and O–H groups in total. The summed E-state index contributed by atoms with van der Waals surface area (Å²) < 4.78 is 82.5. The van der Waals surface area contributed by atoms with Crippen LogP contribution in [0.3, 0.4) is 0 Å². The van der Waals surface area contributed by atoms with Crippen molar-refractivity contribution in [3.63, 3.8) is 0 Å². The molecule has 2 aromatic carbocycles. The van der Waals surface area contributed by atoms with Gasteiger partial charge in [0, 0.05) is 35.6 Å². The number of aliphatic hydroxyl groups excluding tert-OH is 1. The lowest BCUT2D eigenvalue weighted by Gasteiger charge is -2.38. The number of nitrogens with one attached hydrogen (secondary N) is 1. The third kappa shape index (κ3) is 5.20. The topological polar surface area (TPSA) is 88.1 Å². The van der Waals surface area contributed by atoms with Gasteiger partial charge in [-0.3, -0.25) is 9.69 Å². The predicted octanol–water partition coefficient (Wildman–Crippen LogP) is 3.71. The van der Waals surface area contributed by atoms with Gasteiger partial charge in [0.05, 0.1) is 25.1 Å². The predicted molar refractivity (Wildman–Crippen MR) is 133 cm³/mol. The molecule has 0 radical (unpaired) electrons. The van der Waals surface area contributed by atoms with Crippen LogP contribution in [-0.2, 0) is 14.3 Å². The number of allylic oxidation sites excluding steroid dienone is 1. The van der Waals surface area contributed by atoms with Crippen molar-refractivity contribution in [2.24, 2.45) is 0 Å². The van der Waals surface area contributed by atoms with Crippen LogP contribution < -0.4 is 10.1 Å². The number of methoxy groups -OCH3 is 1. The Morgan fingerprint density at radius 2 is 1.68 bits per heavy atom. The van der Waals surface area contributed by atoms with Crippen LogP contribution in [0, 0.1) is 42.9 Å². The Hall–Kier alpha value is -3.77. The first-order valence-electron chi connectivity index (χ1n) is 12.3. The van der Waals surface area contributed by atoms with Gasteiger partial charge in [0.1, 0.15) is 18.5 Å². The number of nitrogens with zero attached hydrogens (tertiary/aromatic N) is 1. The summed E-state index contributed by atoms with van der Waals surface area (Å²) in [6.45, 7) is 4.61. The third-order valence-corrected chi connectivity index (χ3v) is 7.09. The Morgan fingerprint density at radius 1 is 1.05 bits per heavy atom. The minimum absolute atomic E-state index is 0.00740. The number of hydrogen-bond donors (Lipinski definition) is 2. The van der Waals surface area contributed by atoms with E-state index < -0.39 is 64.0 Å². The third-order valence-electron chi connectivity index (χ3n) is 7.09. The fourth-order valence-electron chi connectivity index (χ4n) is 5.01. The maximum absolute atomic E-state index is 15.0. The highest BCUT2D eigenvalue weighted by atomic mass is 19.2. The van der Waals surface area contributed by atoms with Crippen molar-refractivity contribution < 1.29 is 46.1 Å². The van der Waals surface area contributed by atoms with Crippen LogP contribution in [0.4, 0.5) is 22.0 Å². The number of aryl methyl sites for hydroxylation is 1. The molecule has 0 fully saturated rings. The van der Waals surface area contributed by atoms with Crippen molar-refractivity contribution in [2.75, 3.05) is 33.4 Å². The number of hydrogen-bond acceptors (Lipinski definition) is 7. The molecule has 2 aromatic rings. The van der Waals surface area contributed by atoms with Crippen LogP contribution in [0.1, 0.15) is 29.5 Å². The van der Waals surface area contributed by atoms with Crippen molar-refractivity contribution in [1.82, 2.24) is 10.2 Å². The Bertz CT molecular complexity index is 1430. The molecule has 0 spiro atoms. The van der Waals surface area contributed by atoms with E-state index in [1.807, 2.05) is 26.0 Å². The highest BCUT2D eigenvalue weighted by Crippen LogP contribution is 2.43. The molecule has 4 rings (SSSR count). The maximum Gasteiger partial charge on any atom is 0.336 e. The minimum atomic E-state index is -2.36. The summed E-state index contributed by atoms with van der Waals surface area (Å²) in [6.07, 6.45) is -1.04. The molecule has 0 saturated carbocycles. The first-order chi connectivity index (χ1) is 18.9. The van der Waals surface area contributed by atoms with E-state index >= 15 is 0 Å². The van der Waals surface area contributed by atoms with E-state index in [1.165, 1.54) is 11.8 Å². The van der Waals surface area contributed by atoms with Crippen LogP contribution in [0.15, 0.2) is 40.7 Å². The van der Waals surface area contributed by atoms with E-state index in [1.54, 1.807) is 6.07 Å². The Labute approximate surface area is 226 Å². The van der Waals surface area contributed by atoms with E-state index in [9.17, 15) is 36.6 Å². The summed E-state index contributed by atoms with van der Waals surface area (Å²) in [5, 5.41) is 13.4. The van der Waals surface area contributed by atoms with E-state index in [-0.39, 0.29) is 43.2 Å². The van der Waals surface area contributed by atoms with E-state index in [0.717, 1.165) is 18.2 Å². The molecule has 0 amide bonds. The highest BCUT2D eigenvalue weighted by molar-refractivity contribution is 6.04. The number of rotatable bonds is 7. The van der Waals surface area contributed by atoms with Crippen molar-refractivity contribution in [1.29, 1.82) is 0 Å². The van der Waals surface area contributed by atoms with Gasteiger partial charge in [0.15, 0.2) is 29.1 Å². The second-order valence-electron chi connectivity index (χ2n) is 9.72. The fourth-order valence-corrected chi connectivity index (χ4v) is 5.01. The van der Waals surface area contributed by atoms with Gasteiger partial charge < -0.3 is 19.9 Å². The van der Waals surface area contributed by atoms with Crippen LogP contribution in [0.2, 0.25) is 0 Å². The van der Waals surface area contributed by atoms with E-state index in [0.29, 0.717) is 5.75 Å². The molecule has 2 heterocycles. The second-order valence-corrected chi connectivity index (χ2v) is 9.72. The summed E-state index contributed by atoms with van der Waals surface area (Å²) in [7, 11) is 0.980. The molecule has 12 heteroatoms. The first-order valence-corrected chi connectivity index (χ1v) is 12.3. The standard InChI is InChI=1S/C28H27F5N2O5/c1-12-6-5-7-18(13(12)2)40-11-15(36)8-35-9-16-20(17(37)10-35)21(19(14(3)34-16)28(38)39-4)22-23(29)25(31)27(33)26(32)24(22)30/h5-7,15,21,34,36H,8-11H2,1-4H3. The monoisotopic (exact) mass is 566 g/mol. The minimum Gasteiger partial charge on any atom is -0.491 e. The van der Waals surface area contributed by atoms with Crippen molar-refractivity contribution in [3.8, 4) is 5.75 Å². The molecule has 7 nitrogen and oxygen atoms in total. The molecule has 0 saturated heterocycles. The molecule has 0 aromatic heterocycles. The van der Waals surface area contributed by atoms with Gasteiger partial charge in [0.2, 0.25) is 5.82 Å². The molecule has 40 heavy (non-hydrogen) atoms. The zero-order valence-electron chi connectivity index (χ0n) is 22.1. The average Bonchev–Trinajstić information content (AvgIpc) is 2.91. The van der Waals surface area contributed by atoms with Gasteiger partial charge >= 0.3 is 5.97 Å². The van der Waals surface area contributed by atoms with Crippen LogP contribution in [0.5, 0.6) is 5.75 Å². The number of β-amino-alcohol motifs (C(OH)–C–C–N with tert-alkyl or cyclic N) is 1. The number of dihydropyridines is 1. The number of carbonyl (C=O) groups is 2. The normalized spacial score (nSPS) is 18.4. The quantitative estimate of drug-likeness (QED) is 0.229. The summed E-state index contributed by atoms with van der Waals surface area (Å²) >= 11 is 0. The molecule has 2 aliphatic heterocycles. The SMILES string of the molecule is COC(=O)C1=C(C)NC2=C(C(=O)CN(CC(O)COc3cccc(C)c3C)C2)C1c1c(F)c(F)c(F)c(F)c1F. The molecular weight excluding hydrogens is 539 g/mol. The molecular formula is C28H27F5N2O5. The zero-order valence-corrected chi connectivity index (χ0v) is 22.1. The fraction of sp³-hybridized carbons (Fsp3) is 0.357. The zero-order chi connectivity index (χ0) is 29.5. The number of carbonyl (C=O) groups excluding carboxylic acids is 2. The van der Waals surface area contributed by atoms with Gasteiger partial charge in [0.25, 0.3) is 0 Å². The molecule has 0 bridgehead atoms. The molecule has 214 valence electrons. The van der Waals surface area contributed by atoms with Crippen LogP contribution in [-0.4, -0.2) is 61.2 Å². The number of ether oxygens (including phenoxy) is 2. The summed E-state index contributed by atoms with van der Waals surface area (Å²) in [5.41, 5.74) is -0.0962. The largest absolute Gasteiger partial charge is 0.491 e. The number of ketones is 1. The maximum atomic E-state index is 15.0. The van der Waals surface area contributed by atoms with Gasteiger partial charge in [-0.1, -0.05) is 12.1 Å². The molecule has 0 aliphatic carbocycles. The number of halogens is 5. The van der Waals surface area contributed by atoms with Gasteiger partial charge in [-0.2, -0.15) is 0 Å². The Kier molecular flexibility index (Phi) is 8.31. The molecule has 2 atom stereocenters. The van der Waals surface area contributed by atoms with Crippen molar-refractivity contribution >= 4 is 11.8 Å². The first kappa shape index (κ1) is 29.2. The molecule has 2 unspecified atom stereocenters. The van der Waals surface area contributed by atoms with E-state index in [4.69, 9.17) is 9.47 Å². The lowest BCUT2D eigenvalue weighted by molar-refractivity contribution is -0.136. The Morgan fingerprint density at radius 3 is 2.30 bits per heavy atom. The summed E-state index contributed by atoms with van der Waals surface area (Å²) in [6, 6.07) is 5.49. The summed E-state index contributed by atoms with van der Waals surface area (Å²) in [5.74, 6) is -14.2. The van der Waals surface area contributed by atoms with E-state index in [2.05, 4.69) is 5.32 Å². The number of Topliss-reactive ketones (excluding diaryl/α,β-unsaturated/α-hetero) is 1. The number of benzene rings is 2. The van der Waals surface area contributed by atoms with Gasteiger partial charge in [-0.15, -0.1) is 0 Å². The lowest BCUT2D eigenvalue weighted by Crippen LogP contribution is -2.48. The smallest absolute Gasteiger partial charge is 0.336 e. The molecule has 2 aliphatic rings. The van der Waals surface area contributed by atoms with Gasteiger partial charge in [-0.25, -0.2) is 26.7 Å². The Balaban J connectivity index is 1.66. The highest BCUT2D eigenvalue weighted by Gasteiger charge is 2.45. The number of aliphatic hydroxyl groups is 1. The van der Waals surface area contributed by atoms with Crippen LogP contribution >= 0.6 is 0 Å². The number of esters is 1.